The quantitative estimate of drug-likeness (QED) is 0.479. The van der Waals surface area contributed by atoms with Crippen LogP contribution in [0.4, 0.5) is 5.69 Å². The molecule has 1 amide bonds. The first-order valence-corrected chi connectivity index (χ1v) is 9.96. The van der Waals surface area contributed by atoms with Crippen molar-refractivity contribution in [2.75, 3.05) is 5.32 Å². The summed E-state index contributed by atoms with van der Waals surface area (Å²) >= 11 is 1.59. The van der Waals surface area contributed by atoms with Crippen LogP contribution in [0.25, 0.3) is 22.0 Å². The summed E-state index contributed by atoms with van der Waals surface area (Å²) in [6.45, 7) is 3.72. The summed E-state index contributed by atoms with van der Waals surface area (Å²) in [5, 5.41) is 8.04. The predicted molar refractivity (Wildman–Crippen MR) is 115 cm³/mol. The Morgan fingerprint density at radius 1 is 1.04 bits per heavy atom. The van der Waals surface area contributed by atoms with Gasteiger partial charge in [-0.15, -0.1) is 11.3 Å². The second-order valence-electron chi connectivity index (χ2n) is 6.52. The van der Waals surface area contributed by atoms with Crippen molar-refractivity contribution in [3.05, 3.63) is 77.1 Å². The molecule has 0 aliphatic rings. The second kappa shape index (κ2) is 7.82. The average Bonchev–Trinajstić information content (AvgIpc) is 3.15. The van der Waals surface area contributed by atoms with Crippen LogP contribution in [0.1, 0.15) is 11.9 Å². The monoisotopic (exact) mass is 388 g/mol. The first kappa shape index (κ1) is 18.2. The maximum absolute atomic E-state index is 12.8. The maximum atomic E-state index is 12.8. The zero-order valence-corrected chi connectivity index (χ0v) is 16.5. The summed E-state index contributed by atoms with van der Waals surface area (Å²) in [6.07, 6.45) is -0.643. The summed E-state index contributed by atoms with van der Waals surface area (Å²) in [4.78, 5) is 17.3. The Hall–Kier alpha value is -3.18. The fourth-order valence-electron chi connectivity index (χ4n) is 3.08. The Morgan fingerprint density at radius 3 is 2.61 bits per heavy atom. The number of hydrogen-bond acceptors (Lipinski definition) is 4. The molecule has 0 radical (unpaired) electrons. The Labute approximate surface area is 167 Å². The van der Waals surface area contributed by atoms with E-state index in [4.69, 9.17) is 4.74 Å². The average molecular weight is 388 g/mol. The molecule has 4 nitrogen and oxygen atoms in total. The number of carbonyl (C=O) groups is 1. The number of rotatable bonds is 5. The maximum Gasteiger partial charge on any atom is 0.265 e. The van der Waals surface area contributed by atoms with E-state index in [0.717, 1.165) is 32.7 Å². The number of anilines is 1. The molecular formula is C23H20N2O2S. The number of nitrogens with one attached hydrogen (secondary N) is 1. The molecule has 1 unspecified atom stereocenters. The van der Waals surface area contributed by atoms with E-state index in [-0.39, 0.29) is 5.91 Å². The van der Waals surface area contributed by atoms with E-state index >= 15 is 0 Å². The van der Waals surface area contributed by atoms with Gasteiger partial charge in [-0.05, 0) is 31.4 Å². The highest BCUT2D eigenvalue weighted by atomic mass is 32.1. The number of nitrogens with zero attached hydrogens (tertiary/aromatic N) is 1. The number of para-hydroxylation sites is 1. The van der Waals surface area contributed by atoms with Gasteiger partial charge >= 0.3 is 0 Å². The number of ether oxygens (including phenoxy) is 1. The van der Waals surface area contributed by atoms with E-state index in [1.807, 2.05) is 79.0 Å². The van der Waals surface area contributed by atoms with Gasteiger partial charge in [-0.1, -0.05) is 54.6 Å². The zero-order valence-electron chi connectivity index (χ0n) is 15.7. The van der Waals surface area contributed by atoms with E-state index in [1.54, 1.807) is 18.3 Å². The summed E-state index contributed by atoms with van der Waals surface area (Å²) < 4.78 is 5.99. The lowest BCUT2D eigenvalue weighted by Crippen LogP contribution is -2.30. The van der Waals surface area contributed by atoms with Gasteiger partial charge in [0.1, 0.15) is 5.75 Å². The van der Waals surface area contributed by atoms with Gasteiger partial charge in [0.25, 0.3) is 5.91 Å². The van der Waals surface area contributed by atoms with Gasteiger partial charge in [-0.3, -0.25) is 4.79 Å². The van der Waals surface area contributed by atoms with Gasteiger partial charge in [0.2, 0.25) is 0 Å². The number of benzene rings is 3. The molecule has 140 valence electrons. The molecule has 0 bridgehead atoms. The molecule has 3 aromatic carbocycles. The summed E-state index contributed by atoms with van der Waals surface area (Å²) in [5.74, 6) is 0.497. The van der Waals surface area contributed by atoms with Crippen LogP contribution in [0, 0.1) is 6.92 Å². The van der Waals surface area contributed by atoms with Crippen molar-refractivity contribution >= 4 is 33.7 Å². The zero-order chi connectivity index (χ0) is 19.5. The van der Waals surface area contributed by atoms with E-state index in [1.165, 1.54) is 0 Å². The SMILES string of the molecule is Cc1nc(-c2ccccc2NC(=O)C(C)Oc2cccc3ccccc23)cs1. The lowest BCUT2D eigenvalue weighted by atomic mass is 10.1. The highest BCUT2D eigenvalue weighted by Gasteiger charge is 2.18. The third-order valence-corrected chi connectivity index (χ3v) is 5.28. The molecule has 0 aliphatic carbocycles. The van der Waals surface area contributed by atoms with Gasteiger partial charge in [-0.2, -0.15) is 0 Å². The van der Waals surface area contributed by atoms with Crippen molar-refractivity contribution in [2.45, 2.75) is 20.0 Å². The number of carbonyl (C=O) groups excluding carboxylic acids is 1. The Bertz CT molecular complexity index is 1130. The number of hydrogen-bond donors (Lipinski definition) is 1. The number of amides is 1. The number of aromatic nitrogens is 1. The van der Waals surface area contributed by atoms with Crippen LogP contribution in [0.2, 0.25) is 0 Å². The molecule has 0 spiro atoms. The molecule has 1 N–H and O–H groups in total. The molecule has 0 aliphatic heterocycles. The third kappa shape index (κ3) is 3.75. The van der Waals surface area contributed by atoms with Crippen molar-refractivity contribution in [2.24, 2.45) is 0 Å². The normalized spacial score (nSPS) is 11.9. The van der Waals surface area contributed by atoms with Crippen molar-refractivity contribution in [3.63, 3.8) is 0 Å². The van der Waals surface area contributed by atoms with Crippen molar-refractivity contribution in [1.29, 1.82) is 0 Å². The fourth-order valence-corrected chi connectivity index (χ4v) is 3.69. The first-order chi connectivity index (χ1) is 13.6. The van der Waals surface area contributed by atoms with Crippen LogP contribution in [0.15, 0.2) is 72.1 Å². The van der Waals surface area contributed by atoms with Crippen LogP contribution in [0.3, 0.4) is 0 Å². The molecule has 1 aromatic heterocycles. The fraction of sp³-hybridized carbons (Fsp3) is 0.130. The molecule has 28 heavy (non-hydrogen) atoms. The van der Waals surface area contributed by atoms with Crippen molar-refractivity contribution in [1.82, 2.24) is 4.98 Å². The number of aryl methyl sites for hydroxylation is 1. The summed E-state index contributed by atoms with van der Waals surface area (Å²) in [5.41, 5.74) is 2.49. The van der Waals surface area contributed by atoms with E-state index in [2.05, 4.69) is 10.3 Å². The lowest BCUT2D eigenvalue weighted by molar-refractivity contribution is -0.122. The predicted octanol–water partition coefficient (Wildman–Crippen LogP) is 5.68. The number of thiazole rings is 1. The minimum atomic E-state index is -0.643. The second-order valence-corrected chi connectivity index (χ2v) is 7.59. The topological polar surface area (TPSA) is 51.2 Å². The highest BCUT2D eigenvalue weighted by molar-refractivity contribution is 7.09. The van der Waals surface area contributed by atoms with Crippen molar-refractivity contribution in [3.8, 4) is 17.0 Å². The molecule has 5 heteroatoms. The Morgan fingerprint density at radius 2 is 1.79 bits per heavy atom. The summed E-state index contributed by atoms with van der Waals surface area (Å²) in [6, 6.07) is 21.5. The van der Waals surface area contributed by atoms with Crippen molar-refractivity contribution < 1.29 is 9.53 Å². The summed E-state index contributed by atoms with van der Waals surface area (Å²) in [7, 11) is 0. The molecule has 0 saturated carbocycles. The standard InChI is InChI=1S/C23H20N2O2S/c1-15(27-22-13-7-9-17-8-3-4-10-18(17)22)23(26)25-20-12-6-5-11-19(20)21-14-28-16(2)24-21/h3-15H,1-2H3,(H,25,26). The van der Waals surface area contributed by atoms with E-state index in [0.29, 0.717) is 5.75 Å². The van der Waals surface area contributed by atoms with Gasteiger partial charge in [0.15, 0.2) is 6.10 Å². The minimum Gasteiger partial charge on any atom is -0.480 e. The van der Waals surface area contributed by atoms with Crippen LogP contribution in [0.5, 0.6) is 5.75 Å². The molecule has 4 rings (SSSR count). The van der Waals surface area contributed by atoms with Crippen LogP contribution in [-0.2, 0) is 4.79 Å². The minimum absolute atomic E-state index is 0.202. The third-order valence-electron chi connectivity index (χ3n) is 4.50. The number of fused-ring (bicyclic) bond motifs is 1. The molecule has 1 heterocycles. The Balaban J connectivity index is 1.54. The first-order valence-electron chi connectivity index (χ1n) is 9.08. The molecule has 0 saturated heterocycles. The van der Waals surface area contributed by atoms with Gasteiger partial charge in [0.05, 0.1) is 16.4 Å². The molecule has 1 atom stereocenters. The van der Waals surface area contributed by atoms with Crippen LogP contribution >= 0.6 is 11.3 Å². The van der Waals surface area contributed by atoms with E-state index < -0.39 is 6.10 Å². The molecule has 0 fully saturated rings. The van der Waals surface area contributed by atoms with Gasteiger partial charge in [0, 0.05) is 16.3 Å². The van der Waals surface area contributed by atoms with Gasteiger partial charge < -0.3 is 10.1 Å². The molecule has 4 aromatic rings. The smallest absolute Gasteiger partial charge is 0.265 e. The lowest BCUT2D eigenvalue weighted by Gasteiger charge is -2.17. The van der Waals surface area contributed by atoms with Gasteiger partial charge in [-0.25, -0.2) is 4.98 Å². The van der Waals surface area contributed by atoms with Crippen LogP contribution < -0.4 is 10.1 Å². The largest absolute Gasteiger partial charge is 0.480 e. The van der Waals surface area contributed by atoms with E-state index in [9.17, 15) is 4.79 Å². The Kier molecular flexibility index (Phi) is 5.08. The van der Waals surface area contributed by atoms with Crippen LogP contribution in [-0.4, -0.2) is 17.0 Å². The molecular weight excluding hydrogens is 368 g/mol. The highest BCUT2D eigenvalue weighted by Crippen LogP contribution is 2.30.